The van der Waals surface area contributed by atoms with E-state index >= 15 is 0 Å². The summed E-state index contributed by atoms with van der Waals surface area (Å²) in [6, 6.07) is 6.22. The highest BCUT2D eigenvalue weighted by molar-refractivity contribution is 5.96. The van der Waals surface area contributed by atoms with Gasteiger partial charge in [0, 0.05) is 31.9 Å². The minimum atomic E-state index is -0.00457. The Morgan fingerprint density at radius 1 is 1.10 bits per heavy atom. The molecule has 8 heteroatoms. The maximum Gasteiger partial charge on any atom is 0.259 e. The first-order chi connectivity index (χ1) is 15.1. The summed E-state index contributed by atoms with van der Waals surface area (Å²) in [5, 5.41) is 4.86. The summed E-state index contributed by atoms with van der Waals surface area (Å²) in [6.45, 7) is 6.41. The van der Waals surface area contributed by atoms with Crippen molar-refractivity contribution in [2.75, 3.05) is 31.1 Å². The number of rotatable bonds is 4. The maximum absolute atomic E-state index is 12.9. The average molecular weight is 422 g/mol. The summed E-state index contributed by atoms with van der Waals surface area (Å²) in [5.41, 5.74) is 3.22. The number of aryl methyl sites for hydroxylation is 2. The Morgan fingerprint density at radius 2 is 1.87 bits per heavy atom. The second kappa shape index (κ2) is 8.17. The zero-order chi connectivity index (χ0) is 21.4. The van der Waals surface area contributed by atoms with Crippen molar-refractivity contribution in [2.24, 2.45) is 0 Å². The van der Waals surface area contributed by atoms with E-state index in [9.17, 15) is 4.79 Å². The molecule has 0 N–H and O–H groups in total. The van der Waals surface area contributed by atoms with Crippen LogP contribution in [0, 0.1) is 13.8 Å². The van der Waals surface area contributed by atoms with Crippen LogP contribution in [0.25, 0.3) is 10.9 Å². The SMILES string of the molecule is Cc1noc(C)c1C(=O)N1CCN(c2ccc3ncnc(OC4CCCC4)c3c2)CC1. The van der Waals surface area contributed by atoms with Crippen LogP contribution in [-0.4, -0.2) is 58.2 Å². The predicted molar refractivity (Wildman–Crippen MR) is 117 cm³/mol. The van der Waals surface area contributed by atoms with Gasteiger partial charge in [0.05, 0.1) is 16.6 Å². The molecule has 2 fully saturated rings. The fraction of sp³-hybridized carbons (Fsp3) is 0.478. The Balaban J connectivity index is 1.32. The number of hydrogen-bond acceptors (Lipinski definition) is 7. The number of carbonyl (C=O) groups is 1. The van der Waals surface area contributed by atoms with Crippen LogP contribution >= 0.6 is 0 Å². The Bertz CT molecular complexity index is 1080. The number of ether oxygens (including phenoxy) is 1. The quantitative estimate of drug-likeness (QED) is 0.637. The number of amides is 1. The molecule has 5 rings (SSSR count). The molecule has 3 heterocycles. The van der Waals surface area contributed by atoms with Crippen LogP contribution in [0.3, 0.4) is 0 Å². The summed E-state index contributed by atoms with van der Waals surface area (Å²) in [4.78, 5) is 25.9. The summed E-state index contributed by atoms with van der Waals surface area (Å²) >= 11 is 0. The standard InChI is InChI=1S/C23H27N5O3/c1-15-21(16(2)31-26-15)23(29)28-11-9-27(10-12-28)17-7-8-20-19(13-17)22(25-14-24-20)30-18-5-3-4-6-18/h7-8,13-14,18H,3-6,9-12H2,1-2H3. The fourth-order valence-electron chi connectivity index (χ4n) is 4.59. The number of fused-ring (bicyclic) bond motifs is 1. The lowest BCUT2D eigenvalue weighted by atomic mass is 10.1. The van der Waals surface area contributed by atoms with Gasteiger partial charge in [0.25, 0.3) is 5.91 Å². The smallest absolute Gasteiger partial charge is 0.259 e. The minimum absolute atomic E-state index is 0.00457. The topological polar surface area (TPSA) is 84.6 Å². The van der Waals surface area contributed by atoms with E-state index in [0.29, 0.717) is 36.0 Å². The highest BCUT2D eigenvalue weighted by Crippen LogP contribution is 2.30. The van der Waals surface area contributed by atoms with Gasteiger partial charge in [0.15, 0.2) is 0 Å². The first-order valence-corrected chi connectivity index (χ1v) is 11.0. The number of benzene rings is 1. The van der Waals surface area contributed by atoms with Gasteiger partial charge in [-0.3, -0.25) is 4.79 Å². The van der Waals surface area contributed by atoms with Crippen molar-refractivity contribution in [1.82, 2.24) is 20.0 Å². The molecule has 1 saturated carbocycles. The third kappa shape index (κ3) is 3.82. The van der Waals surface area contributed by atoms with Crippen molar-refractivity contribution in [3.05, 3.63) is 41.5 Å². The normalized spacial score (nSPS) is 17.5. The van der Waals surface area contributed by atoms with Crippen molar-refractivity contribution in [3.8, 4) is 5.88 Å². The highest BCUT2D eigenvalue weighted by Gasteiger charge is 2.27. The van der Waals surface area contributed by atoms with E-state index in [2.05, 4.69) is 32.2 Å². The lowest BCUT2D eigenvalue weighted by Crippen LogP contribution is -2.49. The molecule has 0 unspecified atom stereocenters. The molecule has 0 spiro atoms. The molecule has 1 aromatic carbocycles. The monoisotopic (exact) mass is 421 g/mol. The molecule has 3 aromatic rings. The van der Waals surface area contributed by atoms with E-state index in [1.165, 1.54) is 12.8 Å². The molecule has 1 saturated heterocycles. The second-order valence-electron chi connectivity index (χ2n) is 8.38. The Hall–Kier alpha value is -3.16. The highest BCUT2D eigenvalue weighted by atomic mass is 16.5. The summed E-state index contributed by atoms with van der Waals surface area (Å²) < 4.78 is 11.4. The van der Waals surface area contributed by atoms with Crippen molar-refractivity contribution in [1.29, 1.82) is 0 Å². The van der Waals surface area contributed by atoms with Gasteiger partial charge in [-0.2, -0.15) is 0 Å². The Morgan fingerprint density at radius 3 is 2.58 bits per heavy atom. The van der Waals surface area contributed by atoms with Crippen LogP contribution in [0.5, 0.6) is 5.88 Å². The van der Waals surface area contributed by atoms with Crippen LogP contribution < -0.4 is 9.64 Å². The van der Waals surface area contributed by atoms with Gasteiger partial charge in [-0.1, -0.05) is 5.16 Å². The summed E-state index contributed by atoms with van der Waals surface area (Å²) in [5.74, 6) is 1.25. The van der Waals surface area contributed by atoms with Crippen molar-refractivity contribution in [3.63, 3.8) is 0 Å². The molecule has 0 bridgehead atoms. The molecule has 2 aromatic heterocycles. The molecule has 1 aliphatic carbocycles. The van der Waals surface area contributed by atoms with Gasteiger partial charge in [-0.05, 0) is 57.7 Å². The number of nitrogens with zero attached hydrogens (tertiary/aromatic N) is 5. The zero-order valence-corrected chi connectivity index (χ0v) is 18.0. The number of piperazine rings is 1. The molecule has 0 atom stereocenters. The zero-order valence-electron chi connectivity index (χ0n) is 18.0. The summed E-state index contributed by atoms with van der Waals surface area (Å²) in [6.07, 6.45) is 6.44. The number of anilines is 1. The number of aromatic nitrogens is 3. The van der Waals surface area contributed by atoms with E-state index in [-0.39, 0.29) is 12.0 Å². The molecule has 1 amide bonds. The third-order valence-corrected chi connectivity index (χ3v) is 6.34. The molecule has 162 valence electrons. The van der Waals surface area contributed by atoms with Crippen molar-refractivity contribution < 1.29 is 14.1 Å². The van der Waals surface area contributed by atoms with Gasteiger partial charge >= 0.3 is 0 Å². The largest absolute Gasteiger partial charge is 0.474 e. The van der Waals surface area contributed by atoms with Crippen molar-refractivity contribution >= 4 is 22.5 Å². The number of carbonyl (C=O) groups excluding carboxylic acids is 1. The first-order valence-electron chi connectivity index (χ1n) is 11.0. The van der Waals surface area contributed by atoms with Crippen LogP contribution in [-0.2, 0) is 0 Å². The van der Waals surface area contributed by atoms with E-state index in [1.54, 1.807) is 13.3 Å². The fourth-order valence-corrected chi connectivity index (χ4v) is 4.59. The molecular formula is C23H27N5O3. The van der Waals surface area contributed by atoms with E-state index in [0.717, 1.165) is 42.5 Å². The van der Waals surface area contributed by atoms with E-state index < -0.39 is 0 Å². The van der Waals surface area contributed by atoms with Crippen molar-refractivity contribution in [2.45, 2.75) is 45.6 Å². The summed E-state index contributed by atoms with van der Waals surface area (Å²) in [7, 11) is 0. The molecular weight excluding hydrogens is 394 g/mol. The second-order valence-corrected chi connectivity index (χ2v) is 8.38. The minimum Gasteiger partial charge on any atom is -0.474 e. The molecule has 8 nitrogen and oxygen atoms in total. The predicted octanol–water partition coefficient (Wildman–Crippen LogP) is 3.52. The van der Waals surface area contributed by atoms with Crippen LogP contribution in [0.1, 0.15) is 47.5 Å². The Kier molecular flexibility index (Phi) is 5.21. The average Bonchev–Trinajstić information content (AvgIpc) is 3.43. The van der Waals surface area contributed by atoms with Crippen LogP contribution in [0.15, 0.2) is 29.0 Å². The van der Waals surface area contributed by atoms with Gasteiger partial charge in [-0.25, -0.2) is 9.97 Å². The maximum atomic E-state index is 12.9. The van der Waals surface area contributed by atoms with Crippen LogP contribution in [0.4, 0.5) is 5.69 Å². The lowest BCUT2D eigenvalue weighted by molar-refractivity contribution is 0.0744. The molecule has 31 heavy (non-hydrogen) atoms. The number of hydrogen-bond donors (Lipinski definition) is 0. The van der Waals surface area contributed by atoms with Gasteiger partial charge in [0.1, 0.15) is 23.8 Å². The first kappa shape index (κ1) is 19.8. The molecule has 0 radical (unpaired) electrons. The third-order valence-electron chi connectivity index (χ3n) is 6.34. The molecule has 2 aliphatic rings. The lowest BCUT2D eigenvalue weighted by Gasteiger charge is -2.36. The van der Waals surface area contributed by atoms with E-state index in [4.69, 9.17) is 9.26 Å². The van der Waals surface area contributed by atoms with Gasteiger partial charge in [0.2, 0.25) is 5.88 Å². The Labute approximate surface area is 181 Å². The van der Waals surface area contributed by atoms with Crippen LogP contribution in [0.2, 0.25) is 0 Å². The van der Waals surface area contributed by atoms with Gasteiger partial charge in [-0.15, -0.1) is 0 Å². The molecule has 1 aliphatic heterocycles. The van der Waals surface area contributed by atoms with E-state index in [1.807, 2.05) is 17.9 Å². The van der Waals surface area contributed by atoms with Gasteiger partial charge < -0.3 is 19.1 Å².